The molecule has 0 aliphatic carbocycles. The summed E-state index contributed by atoms with van der Waals surface area (Å²) in [6.45, 7) is 3.28. The van der Waals surface area contributed by atoms with E-state index >= 15 is 0 Å². The van der Waals surface area contributed by atoms with Gasteiger partial charge in [0.25, 0.3) is 0 Å². The smallest absolute Gasteiger partial charge is 0.223 e. The van der Waals surface area contributed by atoms with Gasteiger partial charge in [-0.25, -0.2) is 0 Å². The van der Waals surface area contributed by atoms with E-state index in [-0.39, 0.29) is 18.1 Å². The molecule has 1 fully saturated rings. The molecule has 1 aliphatic rings. The molecular weight excluding hydrogens is 314 g/mol. The average molecular weight is 339 g/mol. The van der Waals surface area contributed by atoms with Crippen LogP contribution in [0, 0.1) is 0 Å². The highest BCUT2D eigenvalue weighted by Crippen LogP contribution is 2.26. The van der Waals surface area contributed by atoms with Crippen LogP contribution in [0.2, 0.25) is 0 Å². The van der Waals surface area contributed by atoms with Gasteiger partial charge in [-0.05, 0) is 30.5 Å². The first-order chi connectivity index (χ1) is 12.2. The van der Waals surface area contributed by atoms with Gasteiger partial charge >= 0.3 is 0 Å². The van der Waals surface area contributed by atoms with Crippen LogP contribution in [0.3, 0.4) is 0 Å². The number of ether oxygens (including phenoxy) is 2. The third kappa shape index (κ3) is 4.40. The van der Waals surface area contributed by atoms with Crippen molar-refractivity contribution >= 4 is 5.91 Å². The number of hydrogen-bond donors (Lipinski definition) is 0. The van der Waals surface area contributed by atoms with E-state index in [1.54, 1.807) is 7.11 Å². The first-order valence-corrected chi connectivity index (χ1v) is 8.77. The molecule has 1 amide bonds. The number of benzene rings is 2. The summed E-state index contributed by atoms with van der Waals surface area (Å²) < 4.78 is 11.4. The molecule has 0 bridgehead atoms. The quantitative estimate of drug-likeness (QED) is 0.835. The highest BCUT2D eigenvalue weighted by molar-refractivity contribution is 5.76. The predicted molar refractivity (Wildman–Crippen MR) is 97.6 cm³/mol. The standard InChI is InChI=1S/C21H25NO3/c1-16-14-22(15-20(25-16)17-8-4-3-5-9-17)21(23)13-12-18-10-6-7-11-19(18)24-2/h3-11,16,20H,12-15H2,1-2H3. The molecular formula is C21H25NO3. The molecule has 0 N–H and O–H groups in total. The lowest BCUT2D eigenvalue weighted by Gasteiger charge is -2.37. The SMILES string of the molecule is COc1ccccc1CCC(=O)N1CC(C)OC(c2ccccc2)C1. The van der Waals surface area contributed by atoms with E-state index < -0.39 is 0 Å². The molecule has 0 aromatic heterocycles. The van der Waals surface area contributed by atoms with Crippen molar-refractivity contribution in [1.82, 2.24) is 4.90 Å². The van der Waals surface area contributed by atoms with Crippen molar-refractivity contribution in [3.8, 4) is 5.75 Å². The van der Waals surface area contributed by atoms with Gasteiger partial charge in [0.1, 0.15) is 11.9 Å². The number of carbonyl (C=O) groups excluding carboxylic acids is 1. The van der Waals surface area contributed by atoms with Crippen molar-refractivity contribution in [2.24, 2.45) is 0 Å². The van der Waals surface area contributed by atoms with E-state index in [0.29, 0.717) is 25.9 Å². The topological polar surface area (TPSA) is 38.8 Å². The van der Waals surface area contributed by atoms with Gasteiger partial charge in [0.2, 0.25) is 5.91 Å². The van der Waals surface area contributed by atoms with Crippen molar-refractivity contribution in [3.05, 3.63) is 65.7 Å². The Morgan fingerprint density at radius 1 is 1.12 bits per heavy atom. The van der Waals surface area contributed by atoms with Crippen molar-refractivity contribution in [2.45, 2.75) is 32.0 Å². The zero-order chi connectivity index (χ0) is 17.6. The Bertz CT molecular complexity index is 701. The molecule has 4 heteroatoms. The first kappa shape index (κ1) is 17.5. The number of aryl methyl sites for hydroxylation is 1. The highest BCUT2D eigenvalue weighted by Gasteiger charge is 2.29. The minimum absolute atomic E-state index is 0.0363. The fraction of sp³-hybridized carbons (Fsp3) is 0.381. The largest absolute Gasteiger partial charge is 0.496 e. The van der Waals surface area contributed by atoms with Crippen LogP contribution in [0.5, 0.6) is 5.75 Å². The summed E-state index contributed by atoms with van der Waals surface area (Å²) in [6.07, 6.45) is 1.15. The van der Waals surface area contributed by atoms with Gasteiger partial charge in [-0.2, -0.15) is 0 Å². The van der Waals surface area contributed by atoms with Crippen molar-refractivity contribution < 1.29 is 14.3 Å². The van der Waals surface area contributed by atoms with Gasteiger partial charge in [-0.3, -0.25) is 4.79 Å². The summed E-state index contributed by atoms with van der Waals surface area (Å²) in [6, 6.07) is 18.0. The first-order valence-electron chi connectivity index (χ1n) is 8.77. The monoisotopic (exact) mass is 339 g/mol. The summed E-state index contributed by atoms with van der Waals surface area (Å²) >= 11 is 0. The van der Waals surface area contributed by atoms with Crippen LogP contribution in [0.1, 0.15) is 30.6 Å². The Morgan fingerprint density at radius 2 is 1.84 bits per heavy atom. The maximum Gasteiger partial charge on any atom is 0.223 e. The molecule has 1 saturated heterocycles. The number of para-hydroxylation sites is 1. The Kier molecular flexibility index (Phi) is 5.71. The van der Waals surface area contributed by atoms with Gasteiger partial charge < -0.3 is 14.4 Å². The predicted octanol–water partition coefficient (Wildman–Crippen LogP) is 3.62. The fourth-order valence-corrected chi connectivity index (χ4v) is 3.32. The minimum Gasteiger partial charge on any atom is -0.496 e. The lowest BCUT2D eigenvalue weighted by atomic mass is 10.0. The third-order valence-corrected chi connectivity index (χ3v) is 4.59. The van der Waals surface area contributed by atoms with E-state index in [4.69, 9.17) is 9.47 Å². The second-order valence-electron chi connectivity index (χ2n) is 6.46. The molecule has 4 nitrogen and oxygen atoms in total. The van der Waals surface area contributed by atoms with Crippen molar-refractivity contribution in [3.63, 3.8) is 0 Å². The van der Waals surface area contributed by atoms with Crippen LogP contribution < -0.4 is 4.74 Å². The normalized spacial score (nSPS) is 20.3. The second kappa shape index (κ2) is 8.17. The van der Waals surface area contributed by atoms with E-state index in [1.165, 1.54) is 0 Å². The summed E-state index contributed by atoms with van der Waals surface area (Å²) in [5, 5.41) is 0. The van der Waals surface area contributed by atoms with Crippen LogP contribution >= 0.6 is 0 Å². The van der Waals surface area contributed by atoms with Crippen LogP contribution in [-0.2, 0) is 16.0 Å². The maximum atomic E-state index is 12.7. The number of nitrogens with zero attached hydrogens (tertiary/aromatic N) is 1. The molecule has 1 aliphatic heterocycles. The Hall–Kier alpha value is -2.33. The van der Waals surface area contributed by atoms with Gasteiger partial charge in [-0.15, -0.1) is 0 Å². The number of amides is 1. The zero-order valence-corrected chi connectivity index (χ0v) is 14.9. The number of hydrogen-bond acceptors (Lipinski definition) is 3. The van der Waals surface area contributed by atoms with E-state index in [9.17, 15) is 4.79 Å². The maximum absolute atomic E-state index is 12.7. The second-order valence-corrected chi connectivity index (χ2v) is 6.46. The fourth-order valence-electron chi connectivity index (χ4n) is 3.32. The molecule has 1 heterocycles. The Morgan fingerprint density at radius 3 is 2.60 bits per heavy atom. The molecule has 0 radical (unpaired) electrons. The van der Waals surface area contributed by atoms with E-state index in [2.05, 4.69) is 12.1 Å². The van der Waals surface area contributed by atoms with Crippen LogP contribution in [0.4, 0.5) is 0 Å². The lowest BCUT2D eigenvalue weighted by Crippen LogP contribution is -2.46. The summed E-state index contributed by atoms with van der Waals surface area (Å²) in [5.41, 5.74) is 2.19. The molecule has 2 atom stereocenters. The third-order valence-electron chi connectivity index (χ3n) is 4.59. The lowest BCUT2D eigenvalue weighted by molar-refractivity contribution is -0.144. The van der Waals surface area contributed by atoms with Gasteiger partial charge in [0.05, 0.1) is 19.8 Å². The van der Waals surface area contributed by atoms with Crippen LogP contribution in [0.25, 0.3) is 0 Å². The molecule has 2 unspecified atom stereocenters. The zero-order valence-electron chi connectivity index (χ0n) is 14.9. The molecule has 2 aromatic rings. The van der Waals surface area contributed by atoms with E-state index in [1.807, 2.05) is 54.3 Å². The van der Waals surface area contributed by atoms with Gasteiger partial charge in [0, 0.05) is 13.0 Å². The van der Waals surface area contributed by atoms with Crippen molar-refractivity contribution in [1.29, 1.82) is 0 Å². The summed E-state index contributed by atoms with van der Waals surface area (Å²) in [4.78, 5) is 14.7. The molecule has 2 aromatic carbocycles. The highest BCUT2D eigenvalue weighted by atomic mass is 16.5. The Balaban J connectivity index is 1.63. The molecule has 25 heavy (non-hydrogen) atoms. The number of morpholine rings is 1. The number of methoxy groups -OCH3 is 1. The van der Waals surface area contributed by atoms with Gasteiger partial charge in [-0.1, -0.05) is 48.5 Å². The molecule has 132 valence electrons. The molecule has 0 spiro atoms. The summed E-state index contributed by atoms with van der Waals surface area (Å²) in [7, 11) is 1.66. The average Bonchev–Trinajstić information content (AvgIpc) is 2.66. The van der Waals surface area contributed by atoms with Gasteiger partial charge in [0.15, 0.2) is 0 Å². The van der Waals surface area contributed by atoms with E-state index in [0.717, 1.165) is 16.9 Å². The van der Waals surface area contributed by atoms with Crippen molar-refractivity contribution in [2.75, 3.05) is 20.2 Å². The number of rotatable bonds is 5. The minimum atomic E-state index is -0.0554. The van der Waals surface area contributed by atoms with Crippen LogP contribution in [-0.4, -0.2) is 37.1 Å². The number of carbonyl (C=O) groups is 1. The van der Waals surface area contributed by atoms with Crippen LogP contribution in [0.15, 0.2) is 54.6 Å². The molecule has 3 rings (SSSR count). The Labute approximate surface area is 149 Å². The molecule has 0 saturated carbocycles. The summed E-state index contributed by atoms with van der Waals surface area (Å²) in [5.74, 6) is 1.01.